The quantitative estimate of drug-likeness (QED) is 0.862. The normalized spacial score (nSPS) is 14.3. The van der Waals surface area contributed by atoms with Gasteiger partial charge in [0.15, 0.2) is 0 Å². The number of anilines is 1. The highest BCUT2D eigenvalue weighted by atomic mass is 32.1. The minimum atomic E-state index is -0.0709. The molecule has 0 radical (unpaired) electrons. The zero-order valence-electron chi connectivity index (χ0n) is 14.4. The Balaban J connectivity index is 1.70. The molecule has 1 aromatic heterocycles. The van der Waals surface area contributed by atoms with Crippen molar-refractivity contribution in [3.63, 3.8) is 0 Å². The fourth-order valence-electron chi connectivity index (χ4n) is 3.06. The minimum Gasteiger partial charge on any atom is -0.497 e. The van der Waals surface area contributed by atoms with Crippen LogP contribution < -0.4 is 15.4 Å². The summed E-state index contributed by atoms with van der Waals surface area (Å²) in [5.41, 5.74) is 2.77. The van der Waals surface area contributed by atoms with Gasteiger partial charge in [-0.2, -0.15) is 5.26 Å². The molecule has 0 fully saturated rings. The Morgan fingerprint density at radius 2 is 2.36 bits per heavy atom. The molecule has 25 heavy (non-hydrogen) atoms. The van der Waals surface area contributed by atoms with Crippen LogP contribution in [0.15, 0.2) is 24.3 Å². The van der Waals surface area contributed by atoms with E-state index in [1.165, 1.54) is 11.3 Å². The summed E-state index contributed by atoms with van der Waals surface area (Å²) in [6, 6.07) is 10.0. The van der Waals surface area contributed by atoms with Crippen LogP contribution in [0.1, 0.15) is 40.8 Å². The molecular formula is C19H21N3O2S. The number of methoxy groups -OCH3 is 1. The van der Waals surface area contributed by atoms with Crippen molar-refractivity contribution < 1.29 is 9.53 Å². The number of carbonyl (C=O) groups is 1. The topological polar surface area (TPSA) is 74.1 Å². The third-order valence-corrected chi connectivity index (χ3v) is 5.59. The summed E-state index contributed by atoms with van der Waals surface area (Å²) in [4.78, 5) is 13.6. The lowest BCUT2D eigenvalue weighted by Gasteiger charge is -2.13. The third kappa shape index (κ3) is 3.84. The van der Waals surface area contributed by atoms with Crippen molar-refractivity contribution in [2.45, 2.75) is 32.2 Å². The molecule has 0 aliphatic carbocycles. The number of rotatable bonds is 5. The molecule has 1 aromatic carbocycles. The van der Waals surface area contributed by atoms with Gasteiger partial charge in [-0.05, 0) is 42.1 Å². The van der Waals surface area contributed by atoms with Crippen LogP contribution in [0.3, 0.4) is 0 Å². The fraction of sp³-hybridized carbons (Fsp3) is 0.368. The molecule has 3 rings (SSSR count). The Kier molecular flexibility index (Phi) is 5.37. The number of thiophene rings is 1. The molecule has 2 aromatic rings. The van der Waals surface area contributed by atoms with Crippen LogP contribution in [0, 0.1) is 11.3 Å². The molecule has 0 bridgehead atoms. The highest BCUT2D eigenvalue weighted by molar-refractivity contribution is 7.16. The van der Waals surface area contributed by atoms with Crippen molar-refractivity contribution in [1.29, 1.82) is 5.26 Å². The average Bonchev–Trinajstić information content (AvgIpc) is 2.98. The van der Waals surface area contributed by atoms with Crippen LogP contribution in [0.2, 0.25) is 0 Å². The number of nitrogens with one attached hydrogen (secondary N) is 2. The van der Waals surface area contributed by atoms with Crippen molar-refractivity contribution >= 4 is 22.2 Å². The molecule has 1 aliphatic rings. The van der Waals surface area contributed by atoms with Crippen molar-refractivity contribution in [2.75, 3.05) is 19.0 Å². The summed E-state index contributed by atoms with van der Waals surface area (Å²) in [5.74, 6) is 0.783. The van der Waals surface area contributed by atoms with Gasteiger partial charge >= 0.3 is 0 Å². The van der Waals surface area contributed by atoms with E-state index in [1.54, 1.807) is 7.11 Å². The zero-order valence-corrected chi connectivity index (χ0v) is 15.2. The maximum absolute atomic E-state index is 12.5. The molecule has 1 atom stereocenters. The van der Waals surface area contributed by atoms with Gasteiger partial charge in [-0.25, -0.2) is 0 Å². The minimum absolute atomic E-state index is 0.0666. The molecule has 0 unspecified atom stereocenters. The fourth-order valence-corrected chi connectivity index (χ4v) is 4.25. The average molecular weight is 355 g/mol. The largest absolute Gasteiger partial charge is 0.497 e. The van der Waals surface area contributed by atoms with E-state index in [0.29, 0.717) is 17.0 Å². The van der Waals surface area contributed by atoms with Crippen molar-refractivity contribution in [1.82, 2.24) is 5.32 Å². The molecule has 0 spiro atoms. The Morgan fingerprint density at radius 1 is 1.52 bits per heavy atom. The Bertz CT molecular complexity index is 823. The molecule has 0 saturated carbocycles. The third-order valence-electron chi connectivity index (χ3n) is 4.45. The lowest BCUT2D eigenvalue weighted by Crippen LogP contribution is -2.22. The number of hydrogen-bond acceptors (Lipinski definition) is 5. The maximum Gasteiger partial charge on any atom is 0.225 e. The van der Waals surface area contributed by atoms with Crippen molar-refractivity contribution in [2.24, 2.45) is 0 Å². The van der Waals surface area contributed by atoms with E-state index in [-0.39, 0.29) is 11.8 Å². The van der Waals surface area contributed by atoms with Gasteiger partial charge in [0.05, 0.1) is 12.7 Å². The van der Waals surface area contributed by atoms with Crippen LogP contribution in [-0.4, -0.2) is 19.6 Å². The first-order valence-electron chi connectivity index (χ1n) is 8.31. The van der Waals surface area contributed by atoms with Gasteiger partial charge in [-0.3, -0.25) is 4.79 Å². The lowest BCUT2D eigenvalue weighted by molar-refractivity contribution is -0.116. The second-order valence-corrected chi connectivity index (χ2v) is 7.28. The van der Waals surface area contributed by atoms with Crippen LogP contribution >= 0.6 is 11.3 Å². The molecule has 5 nitrogen and oxygen atoms in total. The number of amides is 1. The lowest BCUT2D eigenvalue weighted by atomic mass is 9.97. The Labute approximate surface area is 151 Å². The van der Waals surface area contributed by atoms with Gasteiger partial charge in [0.2, 0.25) is 5.91 Å². The van der Waals surface area contributed by atoms with Crippen LogP contribution in [0.25, 0.3) is 0 Å². The summed E-state index contributed by atoms with van der Waals surface area (Å²) < 4.78 is 5.24. The standard InChI is InChI=1S/C19H21N3O2S/c1-12(13-4-3-5-14(9-13)24-2)8-18(23)22-19-16(10-20)15-6-7-21-11-17(15)25-19/h3-5,9,12,21H,6-8,11H2,1-2H3,(H,22,23)/t12-/m0/s1. The summed E-state index contributed by atoms with van der Waals surface area (Å²) in [5, 5.41) is 16.4. The molecule has 2 heterocycles. The summed E-state index contributed by atoms with van der Waals surface area (Å²) in [6.45, 7) is 3.66. The van der Waals surface area contributed by atoms with E-state index in [9.17, 15) is 10.1 Å². The second-order valence-electron chi connectivity index (χ2n) is 6.18. The van der Waals surface area contributed by atoms with E-state index < -0.39 is 0 Å². The first-order valence-corrected chi connectivity index (χ1v) is 9.13. The van der Waals surface area contributed by atoms with Crippen molar-refractivity contribution in [3.05, 3.63) is 45.8 Å². The molecule has 2 N–H and O–H groups in total. The number of ether oxygens (including phenoxy) is 1. The number of carbonyl (C=O) groups excluding carboxylic acids is 1. The monoisotopic (exact) mass is 355 g/mol. The SMILES string of the molecule is COc1cccc([C@@H](C)CC(=O)Nc2sc3c(c2C#N)CCNC3)c1. The summed E-state index contributed by atoms with van der Waals surface area (Å²) >= 11 is 1.51. The van der Waals surface area contributed by atoms with Crippen LogP contribution in [-0.2, 0) is 17.8 Å². The highest BCUT2D eigenvalue weighted by Gasteiger charge is 2.22. The number of nitrogens with zero attached hydrogens (tertiary/aromatic N) is 1. The number of hydrogen-bond donors (Lipinski definition) is 2. The summed E-state index contributed by atoms with van der Waals surface area (Å²) in [6.07, 6.45) is 1.20. The first-order chi connectivity index (χ1) is 12.1. The van der Waals surface area contributed by atoms with E-state index in [2.05, 4.69) is 16.7 Å². The smallest absolute Gasteiger partial charge is 0.225 e. The van der Waals surface area contributed by atoms with Gasteiger partial charge in [0.1, 0.15) is 16.8 Å². The maximum atomic E-state index is 12.5. The van der Waals surface area contributed by atoms with Gasteiger partial charge in [0, 0.05) is 17.8 Å². The van der Waals surface area contributed by atoms with Gasteiger partial charge in [-0.15, -0.1) is 11.3 Å². The van der Waals surface area contributed by atoms with Gasteiger partial charge in [-0.1, -0.05) is 19.1 Å². The zero-order chi connectivity index (χ0) is 17.8. The molecule has 130 valence electrons. The molecule has 0 saturated heterocycles. The van der Waals surface area contributed by atoms with E-state index in [0.717, 1.165) is 41.3 Å². The molecule has 1 aliphatic heterocycles. The molecular weight excluding hydrogens is 334 g/mol. The number of benzene rings is 1. The Hall–Kier alpha value is -2.36. The van der Waals surface area contributed by atoms with Crippen LogP contribution in [0.5, 0.6) is 5.75 Å². The molecule has 1 amide bonds. The second kappa shape index (κ2) is 7.68. The summed E-state index contributed by atoms with van der Waals surface area (Å²) in [7, 11) is 1.63. The van der Waals surface area contributed by atoms with Crippen LogP contribution in [0.4, 0.5) is 5.00 Å². The van der Waals surface area contributed by atoms with E-state index in [1.807, 2.05) is 31.2 Å². The van der Waals surface area contributed by atoms with Gasteiger partial charge in [0.25, 0.3) is 0 Å². The molecule has 6 heteroatoms. The van der Waals surface area contributed by atoms with Gasteiger partial charge < -0.3 is 15.4 Å². The highest BCUT2D eigenvalue weighted by Crippen LogP contribution is 2.35. The predicted octanol–water partition coefficient (Wildman–Crippen LogP) is 3.41. The number of nitriles is 1. The van der Waals surface area contributed by atoms with Crippen molar-refractivity contribution in [3.8, 4) is 11.8 Å². The predicted molar refractivity (Wildman–Crippen MR) is 99.1 cm³/mol. The Morgan fingerprint density at radius 3 is 3.12 bits per heavy atom. The first kappa shape index (κ1) is 17.5. The number of fused-ring (bicyclic) bond motifs is 1. The van der Waals surface area contributed by atoms with E-state index >= 15 is 0 Å². The van der Waals surface area contributed by atoms with E-state index in [4.69, 9.17) is 4.74 Å².